The van der Waals surface area contributed by atoms with Crippen LogP contribution in [0.4, 0.5) is 24.5 Å². The van der Waals surface area contributed by atoms with Crippen LogP contribution in [0.15, 0.2) is 12.4 Å². The molecule has 1 fully saturated rings. The topological polar surface area (TPSA) is 116 Å². The summed E-state index contributed by atoms with van der Waals surface area (Å²) in [6.45, 7) is 13.1. The fourth-order valence-corrected chi connectivity index (χ4v) is 7.15. The van der Waals surface area contributed by atoms with Crippen LogP contribution in [-0.2, 0) is 22.7 Å². The summed E-state index contributed by atoms with van der Waals surface area (Å²) in [7, 11) is 0. The number of hydrogen-bond donors (Lipinski definition) is 1. The number of pyridine rings is 1. The molecule has 13 heteroatoms. The zero-order valence-corrected chi connectivity index (χ0v) is 26.1. The van der Waals surface area contributed by atoms with Gasteiger partial charge in [0.05, 0.1) is 35.4 Å². The Morgan fingerprint density at radius 2 is 1.98 bits per heavy atom. The summed E-state index contributed by atoms with van der Waals surface area (Å²) in [6.07, 6.45) is 2.81. The van der Waals surface area contributed by atoms with Crippen LogP contribution in [0.2, 0.25) is 0 Å². The van der Waals surface area contributed by atoms with Crippen molar-refractivity contribution in [3.63, 3.8) is 0 Å². The van der Waals surface area contributed by atoms with E-state index in [-0.39, 0.29) is 50.6 Å². The number of anilines is 2. The van der Waals surface area contributed by atoms with E-state index in [0.29, 0.717) is 22.9 Å². The van der Waals surface area contributed by atoms with Crippen molar-refractivity contribution in [3.8, 4) is 17.3 Å². The molecule has 2 aliphatic rings. The van der Waals surface area contributed by atoms with E-state index in [4.69, 9.17) is 14.5 Å². The number of halogens is 2. The van der Waals surface area contributed by atoms with E-state index >= 15 is 8.78 Å². The predicted octanol–water partition coefficient (Wildman–Crippen LogP) is 6.35. The Balaban J connectivity index is 1.49. The third-order valence-corrected chi connectivity index (χ3v) is 9.21. The van der Waals surface area contributed by atoms with Crippen molar-refractivity contribution >= 4 is 49.4 Å². The Bertz CT molecular complexity index is 1830. The zero-order valence-electron chi connectivity index (χ0n) is 25.3. The summed E-state index contributed by atoms with van der Waals surface area (Å²) in [5.74, 6) is -0.910. The first-order valence-corrected chi connectivity index (χ1v) is 15.4. The molecule has 0 saturated carbocycles. The molecular weight excluding hydrogens is 588 g/mol. The average Bonchev–Trinajstić information content (AvgIpc) is 3.73. The van der Waals surface area contributed by atoms with Gasteiger partial charge >= 0.3 is 6.09 Å². The van der Waals surface area contributed by atoms with Gasteiger partial charge in [-0.2, -0.15) is 5.26 Å². The van der Waals surface area contributed by atoms with Crippen LogP contribution in [0.25, 0.3) is 32.2 Å². The van der Waals surface area contributed by atoms with Crippen molar-refractivity contribution in [3.05, 3.63) is 40.7 Å². The van der Waals surface area contributed by atoms with Crippen molar-refractivity contribution < 1.29 is 23.0 Å². The summed E-state index contributed by atoms with van der Waals surface area (Å²) in [5.41, 5.74) is 0.739. The van der Waals surface area contributed by atoms with Crippen LogP contribution >= 0.6 is 11.3 Å². The lowest BCUT2D eigenvalue weighted by Crippen LogP contribution is -2.37. The second-order valence-electron chi connectivity index (χ2n) is 11.9. The van der Waals surface area contributed by atoms with E-state index in [2.05, 4.69) is 45.0 Å². The van der Waals surface area contributed by atoms with Crippen molar-refractivity contribution in [2.75, 3.05) is 36.4 Å². The van der Waals surface area contributed by atoms with E-state index in [1.54, 1.807) is 27.0 Å². The lowest BCUT2D eigenvalue weighted by molar-refractivity contribution is 0.0636. The molecule has 6 rings (SSSR count). The highest BCUT2D eigenvalue weighted by atomic mass is 32.1. The van der Waals surface area contributed by atoms with Crippen LogP contribution in [-0.4, -0.2) is 63.8 Å². The minimum absolute atomic E-state index is 0.0343. The number of benzene rings is 1. The highest BCUT2D eigenvalue weighted by Gasteiger charge is 2.32. The first kappa shape index (κ1) is 30.1. The van der Waals surface area contributed by atoms with Gasteiger partial charge in [-0.05, 0) is 51.4 Å². The Labute approximate surface area is 257 Å². The molecule has 5 heterocycles. The van der Waals surface area contributed by atoms with E-state index in [9.17, 15) is 10.1 Å². The third kappa shape index (κ3) is 5.21. The molecule has 4 aromatic rings. The fourth-order valence-electron chi connectivity index (χ4n) is 6.12. The van der Waals surface area contributed by atoms with Gasteiger partial charge in [-0.3, -0.25) is 15.2 Å². The van der Waals surface area contributed by atoms with Crippen LogP contribution in [0.1, 0.15) is 57.7 Å². The Kier molecular flexibility index (Phi) is 7.85. The minimum Gasteiger partial charge on any atom is -0.444 e. The number of aromatic nitrogens is 3. The normalized spacial score (nSPS) is 16.6. The number of rotatable bonds is 6. The van der Waals surface area contributed by atoms with Crippen molar-refractivity contribution in [1.29, 1.82) is 5.26 Å². The van der Waals surface area contributed by atoms with Gasteiger partial charge < -0.3 is 14.4 Å². The molecule has 0 bridgehead atoms. The van der Waals surface area contributed by atoms with Crippen molar-refractivity contribution in [2.45, 2.75) is 65.9 Å². The number of likely N-dealkylation sites (N-methyl/N-ethyl adjacent to an activating group) is 1. The summed E-state index contributed by atoms with van der Waals surface area (Å²) < 4.78 is 43.1. The van der Waals surface area contributed by atoms with E-state index in [1.165, 1.54) is 0 Å². The number of carbonyl (C=O) groups excluding carboxylic acids is 1. The van der Waals surface area contributed by atoms with E-state index < -0.39 is 23.3 Å². The second kappa shape index (κ2) is 11.5. The molecule has 1 atom stereocenters. The van der Waals surface area contributed by atoms with Gasteiger partial charge in [0, 0.05) is 41.7 Å². The van der Waals surface area contributed by atoms with Crippen LogP contribution < -0.4 is 10.2 Å². The SMILES string of the molecule is CCN(CC)[C@H]1CCN(c2ncc3c4c(c(-c5ncc(F)c6sc(NC(=O)OC(C)(C)C)c(C#N)c56)c(F)c3n2)COC4)C1. The zero-order chi connectivity index (χ0) is 31.3. The molecule has 0 unspecified atom stereocenters. The first-order chi connectivity index (χ1) is 21.0. The molecule has 230 valence electrons. The van der Waals surface area contributed by atoms with Crippen molar-refractivity contribution in [2.24, 2.45) is 0 Å². The number of nitrogens with zero attached hydrogens (tertiary/aromatic N) is 6. The first-order valence-electron chi connectivity index (χ1n) is 14.6. The molecule has 2 aliphatic heterocycles. The second-order valence-corrected chi connectivity index (χ2v) is 12.9. The largest absolute Gasteiger partial charge is 0.444 e. The average molecular weight is 622 g/mol. The Morgan fingerprint density at radius 1 is 1.23 bits per heavy atom. The predicted molar refractivity (Wildman–Crippen MR) is 165 cm³/mol. The number of hydrogen-bond acceptors (Lipinski definition) is 10. The summed E-state index contributed by atoms with van der Waals surface area (Å²) in [5, 5.41) is 13.5. The number of amides is 1. The number of thiophene rings is 1. The molecule has 1 N–H and O–H groups in total. The maximum Gasteiger partial charge on any atom is 0.412 e. The quantitative estimate of drug-likeness (QED) is 0.263. The molecule has 0 radical (unpaired) electrons. The molecule has 10 nitrogen and oxygen atoms in total. The highest BCUT2D eigenvalue weighted by molar-refractivity contribution is 7.23. The van der Waals surface area contributed by atoms with E-state index in [1.807, 2.05) is 0 Å². The number of nitriles is 1. The third-order valence-electron chi connectivity index (χ3n) is 8.09. The number of nitrogens with one attached hydrogen (secondary N) is 1. The fraction of sp³-hybridized carbons (Fsp3) is 0.452. The van der Waals surface area contributed by atoms with Gasteiger partial charge in [-0.15, -0.1) is 11.3 Å². The summed E-state index contributed by atoms with van der Waals surface area (Å²) in [6, 6.07) is 2.42. The lowest BCUT2D eigenvalue weighted by Gasteiger charge is -2.26. The van der Waals surface area contributed by atoms with Gasteiger partial charge in [0.1, 0.15) is 22.2 Å². The Morgan fingerprint density at radius 3 is 2.68 bits per heavy atom. The molecule has 3 aromatic heterocycles. The van der Waals surface area contributed by atoms with Crippen LogP contribution in [0, 0.1) is 23.0 Å². The summed E-state index contributed by atoms with van der Waals surface area (Å²) in [4.78, 5) is 30.7. The van der Waals surface area contributed by atoms with E-state index in [0.717, 1.165) is 55.7 Å². The molecule has 0 aliphatic carbocycles. The number of carbonyl (C=O) groups is 1. The van der Waals surface area contributed by atoms with Crippen molar-refractivity contribution in [1.82, 2.24) is 19.9 Å². The molecule has 0 spiro atoms. The van der Waals surface area contributed by atoms with Crippen LogP contribution in [0.3, 0.4) is 0 Å². The highest BCUT2D eigenvalue weighted by Crippen LogP contribution is 2.46. The molecule has 44 heavy (non-hydrogen) atoms. The van der Waals surface area contributed by atoms with Gasteiger partial charge in [0.15, 0.2) is 11.6 Å². The molecular formula is C31H33F2N7O3S. The standard InChI is InChI=1S/C31H33F2N7O3S/c1-6-39(7-2)16-8-9-40(13-16)29-36-11-18-19-14-42-15-20(19)22(24(33)25(18)37-29)26-23-17(10-34)28(38-30(41)43-31(3,4)5)44-27(23)21(32)12-35-26/h11-12,16H,6-9,13-15H2,1-5H3,(H,38,41)/t16-/m0/s1. The molecule has 1 amide bonds. The van der Waals surface area contributed by atoms with Gasteiger partial charge in [-0.25, -0.2) is 23.5 Å². The molecule has 1 aromatic carbocycles. The van der Waals surface area contributed by atoms with Gasteiger partial charge in [0.25, 0.3) is 0 Å². The monoisotopic (exact) mass is 621 g/mol. The van der Waals surface area contributed by atoms with Gasteiger partial charge in [-0.1, -0.05) is 13.8 Å². The van der Waals surface area contributed by atoms with Crippen LogP contribution in [0.5, 0.6) is 0 Å². The lowest BCUT2D eigenvalue weighted by atomic mass is 9.94. The maximum absolute atomic E-state index is 16.8. The van der Waals surface area contributed by atoms with Gasteiger partial charge in [0.2, 0.25) is 5.95 Å². The maximum atomic E-state index is 16.8. The minimum atomic E-state index is -0.795. The Hall–Kier alpha value is -3.99. The number of ether oxygens (including phenoxy) is 2. The smallest absolute Gasteiger partial charge is 0.412 e. The summed E-state index contributed by atoms with van der Waals surface area (Å²) >= 11 is 0.867. The molecule has 1 saturated heterocycles. The number of fused-ring (bicyclic) bond motifs is 4.